The number of hydrogen-bond donors (Lipinski definition) is 1. The van der Waals surface area contributed by atoms with E-state index in [1.54, 1.807) is 6.07 Å². The van der Waals surface area contributed by atoms with Gasteiger partial charge in [0.05, 0.1) is 11.0 Å². The monoisotopic (exact) mass is 420 g/mol. The van der Waals surface area contributed by atoms with Crippen LogP contribution in [0.25, 0.3) is 0 Å². The second-order valence-electron chi connectivity index (χ2n) is 9.18. The van der Waals surface area contributed by atoms with E-state index in [0.717, 1.165) is 28.5 Å². The Labute approximate surface area is 190 Å². The molecule has 0 spiro atoms. The maximum Gasteiger partial charge on any atom is 0.153 e. The van der Waals surface area contributed by atoms with E-state index in [4.69, 9.17) is 0 Å². The van der Waals surface area contributed by atoms with Crippen molar-refractivity contribution in [1.29, 1.82) is 0 Å². The molecule has 0 radical (unpaired) electrons. The molecule has 0 amide bonds. The minimum atomic E-state index is -0.799. The van der Waals surface area contributed by atoms with Crippen LogP contribution in [0.4, 0.5) is 0 Å². The van der Waals surface area contributed by atoms with Crippen LogP contribution in [-0.2, 0) is 10.8 Å². The summed E-state index contributed by atoms with van der Waals surface area (Å²) in [7, 11) is 0. The SMILES string of the molecule is CC(C)(C)c1cc(C=O)c(O)c(C(c2ccccc2)(c2ccccc2)c2ccccc2)c1. The molecule has 32 heavy (non-hydrogen) atoms. The molecule has 0 aliphatic heterocycles. The van der Waals surface area contributed by atoms with Gasteiger partial charge in [-0.05, 0) is 39.8 Å². The first-order chi connectivity index (χ1) is 15.4. The number of hydrogen-bond acceptors (Lipinski definition) is 2. The number of phenols is 1. The van der Waals surface area contributed by atoms with Gasteiger partial charge in [-0.1, -0.05) is 112 Å². The molecule has 0 bridgehead atoms. The van der Waals surface area contributed by atoms with Gasteiger partial charge in [0.1, 0.15) is 5.75 Å². The highest BCUT2D eigenvalue weighted by atomic mass is 16.3. The molecule has 4 rings (SSSR count). The lowest BCUT2D eigenvalue weighted by Crippen LogP contribution is -2.32. The van der Waals surface area contributed by atoms with Gasteiger partial charge < -0.3 is 5.11 Å². The minimum Gasteiger partial charge on any atom is -0.507 e. The Bertz CT molecular complexity index is 1110. The molecule has 2 heteroatoms. The number of aromatic hydroxyl groups is 1. The second-order valence-corrected chi connectivity index (χ2v) is 9.18. The Hall–Kier alpha value is -3.65. The van der Waals surface area contributed by atoms with Crippen molar-refractivity contribution in [2.24, 2.45) is 0 Å². The fraction of sp³-hybridized carbons (Fsp3) is 0.167. The second kappa shape index (κ2) is 8.47. The van der Waals surface area contributed by atoms with Crippen LogP contribution in [0.2, 0.25) is 0 Å². The average molecular weight is 421 g/mol. The molecular weight excluding hydrogens is 392 g/mol. The predicted octanol–water partition coefficient (Wildman–Crippen LogP) is 6.88. The summed E-state index contributed by atoms with van der Waals surface area (Å²) in [6, 6.07) is 34.5. The molecule has 2 nitrogen and oxygen atoms in total. The first-order valence-corrected chi connectivity index (χ1v) is 10.9. The van der Waals surface area contributed by atoms with Crippen LogP contribution in [0.3, 0.4) is 0 Å². The fourth-order valence-electron chi connectivity index (χ4n) is 4.50. The van der Waals surface area contributed by atoms with Crippen molar-refractivity contribution in [3.8, 4) is 5.75 Å². The van der Waals surface area contributed by atoms with Gasteiger partial charge in [-0.2, -0.15) is 0 Å². The van der Waals surface area contributed by atoms with Crippen LogP contribution in [0, 0.1) is 0 Å². The molecule has 0 aromatic heterocycles. The summed E-state index contributed by atoms with van der Waals surface area (Å²) in [4.78, 5) is 12.0. The Morgan fingerprint density at radius 1 is 0.625 bits per heavy atom. The van der Waals surface area contributed by atoms with E-state index >= 15 is 0 Å². The van der Waals surface area contributed by atoms with Crippen LogP contribution in [0.1, 0.15) is 58.9 Å². The zero-order valence-corrected chi connectivity index (χ0v) is 18.7. The Morgan fingerprint density at radius 3 is 1.38 bits per heavy atom. The molecule has 4 aromatic carbocycles. The van der Waals surface area contributed by atoms with Crippen molar-refractivity contribution >= 4 is 6.29 Å². The third-order valence-electron chi connectivity index (χ3n) is 6.16. The van der Waals surface area contributed by atoms with Crippen LogP contribution in [0.5, 0.6) is 5.75 Å². The molecule has 1 N–H and O–H groups in total. The number of phenolic OH excluding ortho intramolecular Hbond substituents is 1. The van der Waals surface area contributed by atoms with Crippen molar-refractivity contribution in [2.45, 2.75) is 31.6 Å². The highest BCUT2D eigenvalue weighted by molar-refractivity contribution is 5.82. The Kier molecular flexibility index (Phi) is 5.71. The van der Waals surface area contributed by atoms with Crippen molar-refractivity contribution in [1.82, 2.24) is 0 Å². The molecule has 0 aliphatic carbocycles. The molecule has 160 valence electrons. The van der Waals surface area contributed by atoms with Gasteiger partial charge in [0.15, 0.2) is 6.29 Å². The van der Waals surface area contributed by atoms with E-state index in [1.807, 2.05) is 54.6 Å². The van der Waals surface area contributed by atoms with Crippen molar-refractivity contribution in [3.05, 3.63) is 137 Å². The predicted molar refractivity (Wildman–Crippen MR) is 131 cm³/mol. The van der Waals surface area contributed by atoms with Gasteiger partial charge in [-0.3, -0.25) is 4.79 Å². The average Bonchev–Trinajstić information content (AvgIpc) is 2.82. The lowest BCUT2D eigenvalue weighted by molar-refractivity contribution is 0.112. The van der Waals surface area contributed by atoms with Crippen LogP contribution in [0.15, 0.2) is 103 Å². The van der Waals surface area contributed by atoms with Gasteiger partial charge in [0.25, 0.3) is 0 Å². The van der Waals surface area contributed by atoms with Crippen LogP contribution < -0.4 is 0 Å². The van der Waals surface area contributed by atoms with Gasteiger partial charge in [0, 0.05) is 5.56 Å². The number of aldehydes is 1. The van der Waals surface area contributed by atoms with Gasteiger partial charge in [-0.25, -0.2) is 0 Å². The van der Waals surface area contributed by atoms with Crippen molar-refractivity contribution in [3.63, 3.8) is 0 Å². The van der Waals surface area contributed by atoms with Gasteiger partial charge in [-0.15, -0.1) is 0 Å². The lowest BCUT2D eigenvalue weighted by atomic mass is 9.64. The third kappa shape index (κ3) is 3.62. The summed E-state index contributed by atoms with van der Waals surface area (Å²) in [5.74, 6) is 0.0181. The first kappa shape index (κ1) is 21.6. The summed E-state index contributed by atoms with van der Waals surface area (Å²) in [5.41, 5.74) is 4.08. The number of rotatable bonds is 5. The summed E-state index contributed by atoms with van der Waals surface area (Å²) in [6.07, 6.45) is 0.750. The molecule has 0 aliphatic rings. The smallest absolute Gasteiger partial charge is 0.153 e. The molecule has 0 unspecified atom stereocenters. The zero-order valence-electron chi connectivity index (χ0n) is 18.7. The standard InChI is InChI=1S/C30H28O2/c1-29(2,3)26-19-22(21-31)28(32)27(20-26)30(23-13-7-4-8-14-23,24-15-9-5-10-16-24)25-17-11-6-12-18-25/h4-21,32H,1-3H3. The van der Waals surface area contributed by atoms with E-state index < -0.39 is 5.41 Å². The Balaban J connectivity index is 2.23. The zero-order chi connectivity index (χ0) is 22.8. The summed E-state index contributed by atoms with van der Waals surface area (Å²) >= 11 is 0. The number of carbonyl (C=O) groups is 1. The van der Waals surface area contributed by atoms with E-state index in [9.17, 15) is 9.90 Å². The van der Waals surface area contributed by atoms with Crippen LogP contribution in [-0.4, -0.2) is 11.4 Å². The molecule has 0 saturated carbocycles. The van der Waals surface area contributed by atoms with Gasteiger partial charge in [0.2, 0.25) is 0 Å². The maximum absolute atomic E-state index is 12.0. The third-order valence-corrected chi connectivity index (χ3v) is 6.16. The fourth-order valence-corrected chi connectivity index (χ4v) is 4.50. The molecule has 4 aromatic rings. The van der Waals surface area contributed by atoms with E-state index in [0.29, 0.717) is 11.1 Å². The summed E-state index contributed by atoms with van der Waals surface area (Å²) in [6.45, 7) is 6.35. The summed E-state index contributed by atoms with van der Waals surface area (Å²) in [5, 5.41) is 11.5. The van der Waals surface area contributed by atoms with E-state index in [2.05, 4.69) is 63.2 Å². The normalized spacial score (nSPS) is 11.8. The Morgan fingerprint density at radius 2 is 1.03 bits per heavy atom. The molecule has 0 saturated heterocycles. The highest BCUT2D eigenvalue weighted by Crippen LogP contribution is 2.49. The summed E-state index contributed by atoms with van der Waals surface area (Å²) < 4.78 is 0. The first-order valence-electron chi connectivity index (χ1n) is 10.9. The van der Waals surface area contributed by atoms with E-state index in [-0.39, 0.29) is 11.2 Å². The maximum atomic E-state index is 12.0. The van der Waals surface area contributed by atoms with Crippen molar-refractivity contribution in [2.75, 3.05) is 0 Å². The topological polar surface area (TPSA) is 37.3 Å². The largest absolute Gasteiger partial charge is 0.507 e. The quantitative estimate of drug-likeness (QED) is 0.282. The van der Waals surface area contributed by atoms with E-state index in [1.165, 1.54) is 0 Å². The van der Waals surface area contributed by atoms with Gasteiger partial charge >= 0.3 is 0 Å². The molecule has 0 atom stereocenters. The van der Waals surface area contributed by atoms with Crippen LogP contribution >= 0.6 is 0 Å². The molecule has 0 fully saturated rings. The number of benzene rings is 4. The molecule has 0 heterocycles. The molecular formula is C30H28O2. The highest BCUT2D eigenvalue weighted by Gasteiger charge is 2.41. The van der Waals surface area contributed by atoms with Crippen molar-refractivity contribution < 1.29 is 9.90 Å². The lowest BCUT2D eigenvalue weighted by Gasteiger charge is -2.38. The number of carbonyl (C=O) groups excluding carboxylic acids is 1. The minimum absolute atomic E-state index is 0.0181.